The number of halogens is 3. The van der Waals surface area contributed by atoms with Crippen molar-refractivity contribution in [3.05, 3.63) is 18.5 Å². The summed E-state index contributed by atoms with van der Waals surface area (Å²) >= 11 is 8.71. The van der Waals surface area contributed by atoms with Gasteiger partial charge in [0.25, 0.3) is 0 Å². The van der Waals surface area contributed by atoms with Crippen molar-refractivity contribution in [1.82, 2.24) is 9.97 Å². The Kier molecular flexibility index (Phi) is 3.48. The first-order chi connectivity index (χ1) is 5.86. The molecule has 72 valence electrons. The van der Waals surface area contributed by atoms with E-state index in [-0.39, 0.29) is 5.16 Å². The van der Waals surface area contributed by atoms with E-state index < -0.39 is 11.3 Å². The largest absolute Gasteiger partial charge is 0.250 e. The van der Waals surface area contributed by atoms with E-state index in [9.17, 15) is 8.42 Å². The summed E-state index contributed by atoms with van der Waals surface area (Å²) in [5, 5.41) is -0.249. The van der Waals surface area contributed by atoms with Crippen molar-refractivity contribution in [3.8, 4) is 0 Å². The van der Waals surface area contributed by atoms with E-state index in [1.165, 1.54) is 18.5 Å². The Morgan fingerprint density at radius 2 is 1.62 bits per heavy atom. The normalized spacial score (nSPS) is 12.8. The SMILES string of the molecule is O=S(=O)(c1ncccn1)C(Br)(Br)Br. The molecule has 8 heteroatoms. The van der Waals surface area contributed by atoms with E-state index in [1.807, 2.05) is 0 Å². The van der Waals surface area contributed by atoms with Gasteiger partial charge in [-0.3, -0.25) is 0 Å². The third-order valence-corrected chi connectivity index (χ3v) is 6.22. The third kappa shape index (κ3) is 2.48. The smallest absolute Gasteiger partial charge is 0.227 e. The second-order valence-corrected chi connectivity index (χ2v) is 12.3. The third-order valence-electron chi connectivity index (χ3n) is 1.09. The van der Waals surface area contributed by atoms with Gasteiger partial charge in [0.05, 0.1) is 0 Å². The van der Waals surface area contributed by atoms with Crippen LogP contribution >= 0.6 is 47.8 Å². The zero-order valence-corrected chi connectivity index (χ0v) is 11.6. The second kappa shape index (κ2) is 3.92. The monoisotopic (exact) mass is 392 g/mol. The lowest BCUT2D eigenvalue weighted by molar-refractivity contribution is 0.589. The van der Waals surface area contributed by atoms with Crippen LogP contribution in [0.3, 0.4) is 0 Å². The van der Waals surface area contributed by atoms with Crippen LogP contribution in [-0.2, 0) is 9.84 Å². The summed E-state index contributed by atoms with van der Waals surface area (Å²) in [5.74, 6) is 0. The molecule has 0 N–H and O–H groups in total. The van der Waals surface area contributed by atoms with Crippen LogP contribution in [0.15, 0.2) is 23.6 Å². The van der Waals surface area contributed by atoms with Crippen molar-refractivity contribution in [2.45, 2.75) is 6.63 Å². The zero-order valence-electron chi connectivity index (χ0n) is 5.99. The van der Waals surface area contributed by atoms with Crippen molar-refractivity contribution in [3.63, 3.8) is 0 Å². The Bertz CT molecular complexity index is 386. The average molecular weight is 395 g/mol. The Morgan fingerprint density at radius 1 is 1.15 bits per heavy atom. The fourth-order valence-corrected chi connectivity index (χ4v) is 2.44. The maximum Gasteiger partial charge on any atom is 0.250 e. The minimum Gasteiger partial charge on any atom is -0.227 e. The molecule has 1 aromatic rings. The molecule has 1 rings (SSSR count). The lowest BCUT2D eigenvalue weighted by atomic mass is 10.7. The molecule has 0 fully saturated rings. The van der Waals surface area contributed by atoms with Gasteiger partial charge in [-0.2, -0.15) is 0 Å². The minimum absolute atomic E-state index is 0.249. The maximum absolute atomic E-state index is 11.6. The van der Waals surface area contributed by atoms with Gasteiger partial charge >= 0.3 is 0 Å². The zero-order chi connectivity index (χ0) is 10.1. The van der Waals surface area contributed by atoms with Crippen LogP contribution in [-0.4, -0.2) is 19.9 Å². The molecular weight excluding hydrogens is 392 g/mol. The van der Waals surface area contributed by atoms with Gasteiger partial charge in [-0.05, 0) is 53.9 Å². The molecule has 0 spiro atoms. The first-order valence-corrected chi connectivity index (χ1v) is 6.80. The molecule has 0 aromatic carbocycles. The van der Waals surface area contributed by atoms with Gasteiger partial charge in [-0.15, -0.1) is 0 Å². The highest BCUT2D eigenvalue weighted by Gasteiger charge is 2.39. The molecule has 0 aliphatic rings. The van der Waals surface area contributed by atoms with Crippen LogP contribution in [0.1, 0.15) is 0 Å². The van der Waals surface area contributed by atoms with E-state index >= 15 is 0 Å². The highest BCUT2D eigenvalue weighted by Crippen LogP contribution is 2.41. The molecule has 0 amide bonds. The van der Waals surface area contributed by atoms with Crippen LogP contribution in [0.25, 0.3) is 0 Å². The molecule has 0 unspecified atom stereocenters. The number of rotatable bonds is 1. The molecule has 1 aromatic heterocycles. The van der Waals surface area contributed by atoms with E-state index in [2.05, 4.69) is 57.8 Å². The molecule has 0 aliphatic heterocycles. The van der Waals surface area contributed by atoms with E-state index in [0.29, 0.717) is 0 Å². The number of nitrogens with zero attached hydrogens (tertiary/aromatic N) is 2. The maximum atomic E-state index is 11.6. The first-order valence-electron chi connectivity index (χ1n) is 2.94. The molecule has 1 heterocycles. The minimum atomic E-state index is -3.65. The van der Waals surface area contributed by atoms with Crippen molar-refractivity contribution >= 4 is 57.6 Å². The van der Waals surface area contributed by atoms with Gasteiger partial charge in [-0.25, -0.2) is 18.4 Å². The lowest BCUT2D eigenvalue weighted by Gasteiger charge is -2.10. The quantitative estimate of drug-likeness (QED) is 0.540. The molecule has 0 saturated carbocycles. The number of hydrogen-bond donors (Lipinski definition) is 0. The fourth-order valence-electron chi connectivity index (χ4n) is 0.528. The number of aromatic nitrogens is 2. The van der Waals surface area contributed by atoms with E-state index in [1.54, 1.807) is 0 Å². The van der Waals surface area contributed by atoms with Crippen molar-refractivity contribution in [2.24, 2.45) is 0 Å². The first kappa shape index (κ1) is 11.5. The molecule has 0 aliphatic carbocycles. The highest BCUT2D eigenvalue weighted by molar-refractivity contribution is 9.42. The van der Waals surface area contributed by atoms with Gasteiger partial charge in [0.1, 0.15) is 0 Å². The molecular formula is C5H3Br3N2O2S. The van der Waals surface area contributed by atoms with Crippen LogP contribution in [0.2, 0.25) is 0 Å². The van der Waals surface area contributed by atoms with Gasteiger partial charge in [0, 0.05) is 12.4 Å². The predicted molar refractivity (Wildman–Crippen MR) is 58.7 cm³/mol. The van der Waals surface area contributed by atoms with E-state index in [0.717, 1.165) is 0 Å². The number of sulfone groups is 1. The standard InChI is InChI=1S/C5H3Br3N2O2S/c6-5(7,8)13(11,12)4-9-2-1-3-10-4/h1-3H. The lowest BCUT2D eigenvalue weighted by Crippen LogP contribution is -2.20. The molecule has 0 atom stereocenters. The van der Waals surface area contributed by atoms with Crippen molar-refractivity contribution in [1.29, 1.82) is 0 Å². The van der Waals surface area contributed by atoms with E-state index in [4.69, 9.17) is 0 Å². The Hall–Kier alpha value is 0.470. The average Bonchev–Trinajstić information content (AvgIpc) is 2.04. The van der Waals surface area contributed by atoms with Crippen molar-refractivity contribution < 1.29 is 8.42 Å². The summed E-state index contributed by atoms with van der Waals surface area (Å²) in [6, 6.07) is 1.54. The summed E-state index contributed by atoms with van der Waals surface area (Å²) in [7, 11) is -3.65. The number of alkyl halides is 3. The van der Waals surface area contributed by atoms with Crippen molar-refractivity contribution in [2.75, 3.05) is 0 Å². The summed E-state index contributed by atoms with van der Waals surface area (Å²) in [5.41, 5.74) is 0. The topological polar surface area (TPSA) is 59.9 Å². The van der Waals surface area contributed by atoms with Gasteiger partial charge < -0.3 is 0 Å². The van der Waals surface area contributed by atoms with Gasteiger partial charge in [-0.1, -0.05) is 0 Å². The number of hydrogen-bond acceptors (Lipinski definition) is 4. The second-order valence-electron chi connectivity index (χ2n) is 1.98. The Morgan fingerprint density at radius 3 is 2.00 bits per heavy atom. The fraction of sp³-hybridized carbons (Fsp3) is 0.200. The summed E-state index contributed by atoms with van der Waals surface area (Å²) in [4.78, 5) is 7.26. The van der Waals surface area contributed by atoms with Gasteiger partial charge in [0.15, 0.2) is 0 Å². The Balaban J connectivity index is 3.26. The summed E-state index contributed by atoms with van der Waals surface area (Å²) in [6.07, 6.45) is 2.72. The van der Waals surface area contributed by atoms with Crippen LogP contribution in [0.4, 0.5) is 0 Å². The molecule has 0 radical (unpaired) electrons. The Labute approximate surface area is 100 Å². The molecule has 0 bridgehead atoms. The molecule has 4 nitrogen and oxygen atoms in total. The molecule has 13 heavy (non-hydrogen) atoms. The predicted octanol–water partition coefficient (Wildman–Crippen LogP) is 2.05. The summed E-state index contributed by atoms with van der Waals surface area (Å²) in [6.45, 7) is 0. The van der Waals surface area contributed by atoms with Crippen LogP contribution in [0.5, 0.6) is 0 Å². The summed E-state index contributed by atoms with van der Waals surface area (Å²) < 4.78 is 21.8. The van der Waals surface area contributed by atoms with Crippen LogP contribution in [0, 0.1) is 0 Å². The molecule has 0 saturated heterocycles. The van der Waals surface area contributed by atoms with Gasteiger partial charge in [0.2, 0.25) is 16.5 Å². The van der Waals surface area contributed by atoms with Crippen LogP contribution < -0.4 is 0 Å². The highest BCUT2D eigenvalue weighted by atomic mass is 80.0.